The fraction of sp³-hybridized carbons (Fsp3) is 0.207. The summed E-state index contributed by atoms with van der Waals surface area (Å²) in [5.41, 5.74) is 5.21. The van der Waals surface area contributed by atoms with E-state index in [1.165, 1.54) is 0 Å². The van der Waals surface area contributed by atoms with E-state index in [2.05, 4.69) is 16.4 Å². The van der Waals surface area contributed by atoms with Gasteiger partial charge in [0.1, 0.15) is 5.75 Å². The standard InChI is InChI=1S/C29H26Cl2N4O3/c1-37-23-12-9-19(10-13-23)16-20-6-2-3-8-24-27(20)35(26-14-11-21(30)17-25(26)31)34-28(24)38-29(36)33-18-22-7-4-5-15-32-22/h4-5,7,9-17H,2-3,6,8,18H2,1H3,(H,33,36)/b20-16+. The maximum Gasteiger partial charge on any atom is 0.414 e. The average molecular weight is 549 g/mol. The Labute approximate surface area is 231 Å². The number of rotatable bonds is 6. The third-order valence-corrected chi connectivity index (χ3v) is 6.84. The van der Waals surface area contributed by atoms with Crippen LogP contribution in [-0.2, 0) is 13.0 Å². The van der Waals surface area contributed by atoms with Crippen LogP contribution in [0.3, 0.4) is 0 Å². The maximum absolute atomic E-state index is 12.8. The molecule has 0 spiro atoms. The lowest BCUT2D eigenvalue weighted by Gasteiger charge is -2.12. The van der Waals surface area contributed by atoms with Crippen molar-refractivity contribution >= 4 is 40.9 Å². The Hall–Kier alpha value is -3.81. The first-order valence-electron chi connectivity index (χ1n) is 12.3. The van der Waals surface area contributed by atoms with Crippen molar-refractivity contribution in [1.82, 2.24) is 20.1 Å². The van der Waals surface area contributed by atoms with Gasteiger partial charge in [-0.25, -0.2) is 9.48 Å². The zero-order chi connectivity index (χ0) is 26.5. The molecule has 1 aliphatic rings. The number of amides is 1. The van der Waals surface area contributed by atoms with E-state index in [1.54, 1.807) is 30.1 Å². The number of carbonyl (C=O) groups excluding carboxylic acids is 1. The van der Waals surface area contributed by atoms with E-state index in [9.17, 15) is 4.79 Å². The van der Waals surface area contributed by atoms with Gasteiger partial charge in [0.25, 0.3) is 0 Å². The van der Waals surface area contributed by atoms with E-state index < -0.39 is 6.09 Å². The van der Waals surface area contributed by atoms with Crippen LogP contribution in [0.15, 0.2) is 66.9 Å². The third-order valence-electron chi connectivity index (χ3n) is 6.30. The molecular weight excluding hydrogens is 523 g/mol. The molecule has 9 heteroatoms. The van der Waals surface area contributed by atoms with Gasteiger partial charge in [-0.15, -0.1) is 5.10 Å². The minimum atomic E-state index is -0.602. The highest BCUT2D eigenvalue weighted by Crippen LogP contribution is 2.39. The van der Waals surface area contributed by atoms with Crippen molar-refractivity contribution in [1.29, 1.82) is 0 Å². The van der Waals surface area contributed by atoms with Crippen LogP contribution in [0.5, 0.6) is 11.6 Å². The van der Waals surface area contributed by atoms with Gasteiger partial charge in [-0.2, -0.15) is 0 Å². The number of benzene rings is 2. The largest absolute Gasteiger partial charge is 0.497 e. The van der Waals surface area contributed by atoms with Gasteiger partial charge in [-0.3, -0.25) is 4.98 Å². The number of fused-ring (bicyclic) bond motifs is 1. The molecule has 0 bridgehead atoms. The van der Waals surface area contributed by atoms with E-state index in [-0.39, 0.29) is 12.4 Å². The highest BCUT2D eigenvalue weighted by Gasteiger charge is 2.27. The summed E-state index contributed by atoms with van der Waals surface area (Å²) in [7, 11) is 1.65. The van der Waals surface area contributed by atoms with E-state index in [4.69, 9.17) is 37.8 Å². The van der Waals surface area contributed by atoms with E-state index in [0.717, 1.165) is 53.1 Å². The summed E-state index contributed by atoms with van der Waals surface area (Å²) in [6.45, 7) is 0.244. The van der Waals surface area contributed by atoms with Crippen LogP contribution in [0, 0.1) is 0 Å². The van der Waals surface area contributed by atoms with Crippen LogP contribution < -0.4 is 14.8 Å². The van der Waals surface area contributed by atoms with Crippen LogP contribution in [0.25, 0.3) is 17.3 Å². The van der Waals surface area contributed by atoms with Crippen LogP contribution in [0.1, 0.15) is 41.8 Å². The minimum absolute atomic E-state index is 0.244. The third kappa shape index (κ3) is 5.85. The Morgan fingerprint density at radius 2 is 1.89 bits per heavy atom. The number of hydrogen-bond acceptors (Lipinski definition) is 5. The molecule has 7 nitrogen and oxygen atoms in total. The fourth-order valence-electron chi connectivity index (χ4n) is 4.46. The van der Waals surface area contributed by atoms with Crippen molar-refractivity contribution < 1.29 is 14.3 Å². The summed E-state index contributed by atoms with van der Waals surface area (Å²) in [6, 6.07) is 18.7. The molecule has 0 saturated heterocycles. The van der Waals surface area contributed by atoms with Gasteiger partial charge in [0.15, 0.2) is 0 Å². The lowest BCUT2D eigenvalue weighted by Crippen LogP contribution is -2.27. The number of aromatic nitrogens is 3. The molecule has 2 heterocycles. The van der Waals surface area contributed by atoms with Crippen molar-refractivity contribution in [2.75, 3.05) is 7.11 Å². The first kappa shape index (κ1) is 25.8. The second-order valence-electron chi connectivity index (χ2n) is 8.85. The summed E-state index contributed by atoms with van der Waals surface area (Å²) in [6.07, 6.45) is 6.67. The second-order valence-corrected chi connectivity index (χ2v) is 9.70. The van der Waals surface area contributed by atoms with E-state index in [1.807, 2.05) is 48.5 Å². The zero-order valence-corrected chi connectivity index (χ0v) is 22.3. The minimum Gasteiger partial charge on any atom is -0.497 e. The highest BCUT2D eigenvalue weighted by atomic mass is 35.5. The smallest absolute Gasteiger partial charge is 0.414 e. The van der Waals surface area contributed by atoms with Crippen molar-refractivity contribution in [3.63, 3.8) is 0 Å². The second kappa shape index (κ2) is 11.7. The first-order valence-corrected chi connectivity index (χ1v) is 13.1. The van der Waals surface area contributed by atoms with Gasteiger partial charge < -0.3 is 14.8 Å². The van der Waals surface area contributed by atoms with Gasteiger partial charge in [-0.05, 0) is 85.4 Å². The number of halogens is 2. The fourth-order valence-corrected chi connectivity index (χ4v) is 4.95. The molecule has 4 aromatic rings. The van der Waals surface area contributed by atoms with Crippen LogP contribution in [0.4, 0.5) is 4.79 Å². The molecule has 0 unspecified atom stereocenters. The van der Waals surface area contributed by atoms with Crippen molar-refractivity contribution in [2.45, 2.75) is 32.2 Å². The van der Waals surface area contributed by atoms with Crippen LogP contribution in [0.2, 0.25) is 10.0 Å². The van der Waals surface area contributed by atoms with Gasteiger partial charge in [-0.1, -0.05) is 41.4 Å². The molecule has 1 aliphatic carbocycles. The van der Waals surface area contributed by atoms with E-state index in [0.29, 0.717) is 22.2 Å². The van der Waals surface area contributed by atoms with Gasteiger partial charge in [0, 0.05) is 16.8 Å². The zero-order valence-electron chi connectivity index (χ0n) is 20.8. The molecule has 2 aromatic carbocycles. The highest BCUT2D eigenvalue weighted by molar-refractivity contribution is 6.35. The molecule has 194 valence electrons. The van der Waals surface area contributed by atoms with Crippen molar-refractivity contribution in [2.24, 2.45) is 0 Å². The summed E-state index contributed by atoms with van der Waals surface area (Å²) in [5.74, 6) is 1.05. The van der Waals surface area contributed by atoms with E-state index >= 15 is 0 Å². The van der Waals surface area contributed by atoms with Crippen LogP contribution >= 0.6 is 23.2 Å². The molecule has 0 atom stereocenters. The summed E-state index contributed by atoms with van der Waals surface area (Å²) in [5, 5.41) is 8.47. The van der Waals surface area contributed by atoms with Gasteiger partial charge in [0.2, 0.25) is 5.88 Å². The lowest BCUT2D eigenvalue weighted by molar-refractivity contribution is 0.197. The molecule has 38 heavy (non-hydrogen) atoms. The van der Waals surface area contributed by atoms with Gasteiger partial charge >= 0.3 is 6.09 Å². The Morgan fingerprint density at radius 1 is 1.08 bits per heavy atom. The predicted octanol–water partition coefficient (Wildman–Crippen LogP) is 7.14. The summed E-state index contributed by atoms with van der Waals surface area (Å²) < 4.78 is 12.8. The Kier molecular flexibility index (Phi) is 7.96. The molecule has 0 aliphatic heterocycles. The average Bonchev–Trinajstić information content (AvgIpc) is 3.13. The molecule has 2 aromatic heterocycles. The number of carbonyl (C=O) groups is 1. The number of allylic oxidation sites excluding steroid dienone is 1. The number of ether oxygens (including phenoxy) is 2. The SMILES string of the molecule is COc1ccc(/C=C2\CCCCc3c(OC(=O)NCc4ccccn4)nn(-c4ccc(Cl)cc4Cl)c32)cc1. The number of hydrogen-bond donors (Lipinski definition) is 1. The van der Waals surface area contributed by atoms with Crippen LogP contribution in [-0.4, -0.2) is 28.0 Å². The molecule has 1 amide bonds. The lowest BCUT2D eigenvalue weighted by atomic mass is 10.0. The molecule has 0 radical (unpaired) electrons. The predicted molar refractivity (Wildman–Crippen MR) is 149 cm³/mol. The number of nitrogens with zero attached hydrogens (tertiary/aromatic N) is 3. The molecular formula is C29H26Cl2N4O3. The van der Waals surface area contributed by atoms with Gasteiger partial charge in [0.05, 0.1) is 35.8 Å². The maximum atomic E-state index is 12.8. The topological polar surface area (TPSA) is 78.3 Å². The quantitative estimate of drug-likeness (QED) is 0.259. The normalized spacial score (nSPS) is 14.0. The van der Waals surface area contributed by atoms with Crippen molar-refractivity contribution in [3.05, 3.63) is 99.4 Å². The number of nitrogens with one attached hydrogen (secondary N) is 1. The number of pyridine rings is 1. The molecule has 5 rings (SSSR count). The monoisotopic (exact) mass is 548 g/mol. The molecule has 1 N–H and O–H groups in total. The molecule has 0 fully saturated rings. The first-order chi connectivity index (χ1) is 18.5. The summed E-state index contributed by atoms with van der Waals surface area (Å²) in [4.78, 5) is 17.0. The molecule has 0 saturated carbocycles. The van der Waals surface area contributed by atoms with Crippen molar-refractivity contribution in [3.8, 4) is 17.3 Å². The Balaban J connectivity index is 1.55. The summed E-state index contributed by atoms with van der Waals surface area (Å²) >= 11 is 12.8. The number of methoxy groups -OCH3 is 1. The Morgan fingerprint density at radius 3 is 2.63 bits per heavy atom. The Bertz CT molecular complexity index is 1470.